The van der Waals surface area contributed by atoms with Gasteiger partial charge in [0.05, 0.1) is 5.75 Å². The van der Waals surface area contributed by atoms with Crippen LogP contribution < -0.4 is 15.9 Å². The zero-order chi connectivity index (χ0) is 22.5. The lowest BCUT2D eigenvalue weighted by molar-refractivity contribution is -0.113. The fourth-order valence-corrected chi connectivity index (χ4v) is 3.80. The summed E-state index contributed by atoms with van der Waals surface area (Å²) in [5.74, 6) is 7.69. The van der Waals surface area contributed by atoms with Crippen molar-refractivity contribution in [3.05, 3.63) is 63.9 Å². The number of thioether (sulfide) groups is 1. The number of anilines is 1. The Morgan fingerprint density at radius 3 is 2.77 bits per heavy atom. The third kappa shape index (κ3) is 5.71. The average Bonchev–Trinajstić information content (AvgIpc) is 3.07. The summed E-state index contributed by atoms with van der Waals surface area (Å²) >= 11 is 7.30. The number of benzene rings is 2. The number of rotatable bonds is 8. The van der Waals surface area contributed by atoms with E-state index in [9.17, 15) is 4.79 Å². The Hall–Kier alpha value is -2.71. The molecule has 0 bridgehead atoms. The van der Waals surface area contributed by atoms with Crippen LogP contribution in [0.5, 0.6) is 5.75 Å². The molecule has 1 heterocycles. The minimum Gasteiger partial charge on any atom is -0.485 e. The Balaban J connectivity index is 1.60. The van der Waals surface area contributed by atoms with Gasteiger partial charge >= 0.3 is 0 Å². The van der Waals surface area contributed by atoms with Gasteiger partial charge in [0, 0.05) is 10.7 Å². The van der Waals surface area contributed by atoms with E-state index < -0.39 is 0 Å². The molecule has 1 aromatic heterocycles. The molecular formula is C22H26ClN5O2S. The molecule has 2 aromatic carbocycles. The van der Waals surface area contributed by atoms with E-state index in [2.05, 4.69) is 41.5 Å². The number of aromatic nitrogens is 3. The van der Waals surface area contributed by atoms with E-state index in [4.69, 9.17) is 22.2 Å². The molecule has 31 heavy (non-hydrogen) atoms. The van der Waals surface area contributed by atoms with Crippen molar-refractivity contribution >= 4 is 35.0 Å². The Labute approximate surface area is 191 Å². The summed E-state index contributed by atoms with van der Waals surface area (Å²) in [6.07, 6.45) is 0. The van der Waals surface area contributed by atoms with Crippen LogP contribution in [0.1, 0.15) is 42.3 Å². The molecule has 0 radical (unpaired) electrons. The smallest absolute Gasteiger partial charge is 0.234 e. The minimum absolute atomic E-state index is 0.136. The first-order valence-corrected chi connectivity index (χ1v) is 11.2. The molecule has 0 saturated heterocycles. The van der Waals surface area contributed by atoms with Crippen LogP contribution in [0.4, 0.5) is 5.69 Å². The fourth-order valence-electron chi connectivity index (χ4n) is 2.95. The predicted molar refractivity (Wildman–Crippen MR) is 125 cm³/mol. The van der Waals surface area contributed by atoms with Gasteiger partial charge in [0.25, 0.3) is 0 Å². The first-order valence-electron chi connectivity index (χ1n) is 9.86. The van der Waals surface area contributed by atoms with Crippen LogP contribution in [0.15, 0.2) is 41.6 Å². The summed E-state index contributed by atoms with van der Waals surface area (Å²) in [7, 11) is 0. The Morgan fingerprint density at radius 1 is 1.26 bits per heavy atom. The molecule has 3 aromatic rings. The number of amides is 1. The number of carbonyl (C=O) groups is 1. The van der Waals surface area contributed by atoms with E-state index in [1.54, 1.807) is 18.2 Å². The van der Waals surface area contributed by atoms with Crippen molar-refractivity contribution in [1.82, 2.24) is 14.9 Å². The number of hydrogen-bond acceptors (Lipinski definition) is 6. The molecule has 164 valence electrons. The highest BCUT2D eigenvalue weighted by molar-refractivity contribution is 7.99. The van der Waals surface area contributed by atoms with Crippen LogP contribution in [0.3, 0.4) is 0 Å². The van der Waals surface area contributed by atoms with Crippen molar-refractivity contribution in [2.24, 2.45) is 0 Å². The lowest BCUT2D eigenvalue weighted by Gasteiger charge is -2.14. The van der Waals surface area contributed by atoms with Crippen LogP contribution in [0.2, 0.25) is 5.02 Å². The van der Waals surface area contributed by atoms with Crippen molar-refractivity contribution in [2.75, 3.05) is 16.9 Å². The molecule has 0 aliphatic rings. The molecular weight excluding hydrogens is 434 g/mol. The maximum absolute atomic E-state index is 12.3. The van der Waals surface area contributed by atoms with Gasteiger partial charge in [-0.1, -0.05) is 55.4 Å². The zero-order valence-electron chi connectivity index (χ0n) is 18.0. The van der Waals surface area contributed by atoms with E-state index in [1.165, 1.54) is 16.4 Å². The van der Waals surface area contributed by atoms with Crippen molar-refractivity contribution < 1.29 is 9.53 Å². The maximum Gasteiger partial charge on any atom is 0.234 e. The van der Waals surface area contributed by atoms with Crippen LogP contribution in [-0.2, 0) is 11.4 Å². The highest BCUT2D eigenvalue weighted by atomic mass is 35.5. The molecule has 3 N–H and O–H groups in total. The van der Waals surface area contributed by atoms with Gasteiger partial charge in [-0.05, 0) is 54.7 Å². The summed E-state index contributed by atoms with van der Waals surface area (Å²) in [4.78, 5) is 12.3. The standard InChI is InChI=1S/C22H26ClN5O2S/c1-13(2)16-9-8-14(3)10-19(16)30-11-20-26-27-22(28(20)24)31-12-21(29)25-18-7-5-6-17(23)15(18)4/h5-10,13H,11-12,24H2,1-4H3,(H,25,29). The van der Waals surface area contributed by atoms with Gasteiger partial charge in [-0.25, -0.2) is 4.68 Å². The van der Waals surface area contributed by atoms with E-state index in [-0.39, 0.29) is 18.3 Å². The van der Waals surface area contributed by atoms with Crippen molar-refractivity contribution in [3.8, 4) is 5.75 Å². The fraction of sp³-hybridized carbons (Fsp3) is 0.318. The molecule has 9 heteroatoms. The summed E-state index contributed by atoms with van der Waals surface area (Å²) in [6, 6.07) is 11.5. The number of hydrogen-bond donors (Lipinski definition) is 2. The Kier molecular flexibility index (Phi) is 7.46. The van der Waals surface area contributed by atoms with E-state index >= 15 is 0 Å². The molecule has 7 nitrogen and oxygen atoms in total. The number of nitrogens with zero attached hydrogens (tertiary/aromatic N) is 3. The molecule has 0 fully saturated rings. The lowest BCUT2D eigenvalue weighted by atomic mass is 10.0. The third-order valence-corrected chi connectivity index (χ3v) is 6.11. The van der Waals surface area contributed by atoms with E-state index in [0.717, 1.165) is 22.4 Å². The van der Waals surface area contributed by atoms with Crippen molar-refractivity contribution in [1.29, 1.82) is 0 Å². The Bertz CT molecular complexity index is 1080. The Morgan fingerprint density at radius 2 is 2.03 bits per heavy atom. The van der Waals surface area contributed by atoms with Gasteiger partial charge in [-0.2, -0.15) is 0 Å². The molecule has 0 atom stereocenters. The number of aryl methyl sites for hydroxylation is 1. The zero-order valence-corrected chi connectivity index (χ0v) is 19.5. The normalized spacial score (nSPS) is 11.0. The van der Waals surface area contributed by atoms with Gasteiger partial charge in [0.2, 0.25) is 11.1 Å². The highest BCUT2D eigenvalue weighted by Gasteiger charge is 2.15. The monoisotopic (exact) mass is 459 g/mol. The number of nitrogens with one attached hydrogen (secondary N) is 1. The van der Waals surface area contributed by atoms with Crippen LogP contribution >= 0.6 is 23.4 Å². The van der Waals surface area contributed by atoms with Crippen molar-refractivity contribution in [3.63, 3.8) is 0 Å². The summed E-state index contributed by atoms with van der Waals surface area (Å²) in [5.41, 5.74) is 3.74. The lowest BCUT2D eigenvalue weighted by Crippen LogP contribution is -2.18. The highest BCUT2D eigenvalue weighted by Crippen LogP contribution is 2.28. The first kappa shape index (κ1) is 23.0. The molecule has 3 rings (SSSR count). The topological polar surface area (TPSA) is 95.1 Å². The average molecular weight is 460 g/mol. The molecule has 0 unspecified atom stereocenters. The second kappa shape index (κ2) is 10.1. The summed E-state index contributed by atoms with van der Waals surface area (Å²) in [5, 5.41) is 12.1. The van der Waals surface area contributed by atoms with Crippen LogP contribution in [0.25, 0.3) is 0 Å². The van der Waals surface area contributed by atoms with Gasteiger partial charge in [0.15, 0.2) is 5.82 Å². The SMILES string of the molecule is Cc1ccc(C(C)C)c(OCc2nnc(SCC(=O)Nc3cccc(Cl)c3C)n2N)c1. The molecule has 0 saturated carbocycles. The third-order valence-electron chi connectivity index (χ3n) is 4.76. The first-order chi connectivity index (χ1) is 14.8. The largest absolute Gasteiger partial charge is 0.485 e. The quantitative estimate of drug-likeness (QED) is 0.374. The summed E-state index contributed by atoms with van der Waals surface area (Å²) < 4.78 is 7.34. The second-order valence-electron chi connectivity index (χ2n) is 7.50. The molecule has 0 aliphatic heterocycles. The summed E-state index contributed by atoms with van der Waals surface area (Å²) in [6.45, 7) is 8.29. The molecule has 1 amide bonds. The number of carbonyl (C=O) groups excluding carboxylic acids is 1. The van der Waals surface area contributed by atoms with Gasteiger partial charge < -0.3 is 15.9 Å². The predicted octanol–water partition coefficient (Wildman–Crippen LogP) is 4.70. The number of nitrogen functional groups attached to an aromatic ring is 1. The minimum atomic E-state index is -0.183. The van der Waals surface area contributed by atoms with Gasteiger partial charge in [0.1, 0.15) is 12.4 Å². The maximum atomic E-state index is 12.3. The van der Waals surface area contributed by atoms with E-state index in [0.29, 0.717) is 27.6 Å². The number of ether oxygens (including phenoxy) is 1. The molecule has 0 aliphatic carbocycles. The number of halogens is 1. The van der Waals surface area contributed by atoms with Crippen molar-refractivity contribution in [2.45, 2.75) is 45.4 Å². The number of nitrogens with two attached hydrogens (primary N) is 1. The molecule has 0 spiro atoms. The van der Waals surface area contributed by atoms with E-state index in [1.807, 2.05) is 19.9 Å². The second-order valence-corrected chi connectivity index (χ2v) is 8.85. The van der Waals surface area contributed by atoms with Crippen LogP contribution in [0, 0.1) is 13.8 Å². The van der Waals surface area contributed by atoms with Gasteiger partial charge in [-0.3, -0.25) is 4.79 Å². The van der Waals surface area contributed by atoms with Gasteiger partial charge in [-0.15, -0.1) is 10.2 Å². The van der Waals surface area contributed by atoms with Crippen LogP contribution in [-0.4, -0.2) is 26.5 Å².